The molecule has 168 valence electrons. The first-order valence-corrected chi connectivity index (χ1v) is 12.0. The van der Waals surface area contributed by atoms with Crippen LogP contribution >= 0.6 is 0 Å². The number of hydrogen-bond acceptors (Lipinski definition) is 4. The number of hydrogen-bond donors (Lipinski definition) is 0. The van der Waals surface area contributed by atoms with E-state index in [1.165, 1.54) is 0 Å². The van der Waals surface area contributed by atoms with Crippen molar-refractivity contribution in [3.63, 3.8) is 0 Å². The molecule has 0 aromatic heterocycles. The first-order chi connectivity index (χ1) is 15.2. The average molecular weight is 433 g/mol. The van der Waals surface area contributed by atoms with Gasteiger partial charge in [-0.3, -0.25) is 9.59 Å². The van der Waals surface area contributed by atoms with Gasteiger partial charge in [0.05, 0.1) is 5.56 Å². The molecule has 0 aliphatic heterocycles. The van der Waals surface area contributed by atoms with Crippen LogP contribution in [0, 0.1) is 28.6 Å². The molecular formula is C28H32O4. The van der Waals surface area contributed by atoms with Crippen LogP contribution in [0.25, 0.3) is 0 Å². The van der Waals surface area contributed by atoms with E-state index in [-0.39, 0.29) is 34.5 Å². The SMILES string of the molecule is CC(=O)C1=CC[C@H]2[C@@H]3CC(=O)C4=CC(OC(=O)c5ccccc5)CC[C@]4(C)[C@H]3CC[C@]12C. The van der Waals surface area contributed by atoms with E-state index in [0.29, 0.717) is 29.7 Å². The molecule has 0 saturated heterocycles. The van der Waals surface area contributed by atoms with E-state index in [9.17, 15) is 14.4 Å². The number of rotatable bonds is 3. The fourth-order valence-electron chi connectivity index (χ4n) is 7.51. The van der Waals surface area contributed by atoms with E-state index in [4.69, 9.17) is 4.74 Å². The second-order valence-corrected chi connectivity index (χ2v) is 10.7. The Hall–Kier alpha value is -2.49. The molecule has 32 heavy (non-hydrogen) atoms. The highest BCUT2D eigenvalue weighted by atomic mass is 16.5. The molecule has 1 unspecified atom stereocenters. The first kappa shape index (κ1) is 21.4. The Bertz CT molecular complexity index is 1030. The summed E-state index contributed by atoms with van der Waals surface area (Å²) in [4.78, 5) is 38.2. The van der Waals surface area contributed by atoms with Crippen LogP contribution in [0.2, 0.25) is 0 Å². The van der Waals surface area contributed by atoms with E-state index >= 15 is 0 Å². The molecule has 4 heteroatoms. The van der Waals surface area contributed by atoms with E-state index in [0.717, 1.165) is 43.3 Å². The monoisotopic (exact) mass is 432 g/mol. The summed E-state index contributed by atoms with van der Waals surface area (Å²) in [5, 5.41) is 0. The zero-order valence-electron chi connectivity index (χ0n) is 19.2. The molecule has 6 atom stereocenters. The third-order valence-electron chi connectivity index (χ3n) is 9.12. The van der Waals surface area contributed by atoms with Crippen LogP contribution in [-0.4, -0.2) is 23.6 Å². The van der Waals surface area contributed by atoms with Crippen molar-refractivity contribution < 1.29 is 19.1 Å². The topological polar surface area (TPSA) is 60.4 Å². The maximum atomic E-state index is 13.4. The number of ether oxygens (including phenoxy) is 1. The summed E-state index contributed by atoms with van der Waals surface area (Å²) in [5.41, 5.74) is 2.13. The van der Waals surface area contributed by atoms with Gasteiger partial charge >= 0.3 is 5.97 Å². The predicted octanol–water partition coefficient (Wildman–Crippen LogP) is 5.48. The lowest BCUT2D eigenvalue weighted by Gasteiger charge is -2.57. The summed E-state index contributed by atoms with van der Waals surface area (Å²) in [6.45, 7) is 6.17. The van der Waals surface area contributed by atoms with Crippen LogP contribution in [0.15, 0.2) is 53.6 Å². The van der Waals surface area contributed by atoms with Gasteiger partial charge in [0.1, 0.15) is 6.10 Å². The van der Waals surface area contributed by atoms with Crippen molar-refractivity contribution in [2.24, 2.45) is 28.6 Å². The molecule has 0 N–H and O–H groups in total. The van der Waals surface area contributed by atoms with Crippen molar-refractivity contribution in [2.75, 3.05) is 0 Å². The molecule has 1 aromatic rings. The lowest BCUT2D eigenvalue weighted by atomic mass is 9.46. The van der Waals surface area contributed by atoms with E-state index in [1.54, 1.807) is 19.1 Å². The molecule has 5 rings (SSSR count). The molecule has 1 aromatic carbocycles. The molecule has 0 heterocycles. The smallest absolute Gasteiger partial charge is 0.338 e. The number of benzene rings is 1. The Labute approximate surface area is 190 Å². The molecule has 0 amide bonds. The first-order valence-electron chi connectivity index (χ1n) is 12.0. The molecule has 0 radical (unpaired) electrons. The van der Waals surface area contributed by atoms with Crippen molar-refractivity contribution in [3.05, 3.63) is 59.2 Å². The zero-order chi connectivity index (χ0) is 22.7. The van der Waals surface area contributed by atoms with Gasteiger partial charge in [0.2, 0.25) is 0 Å². The van der Waals surface area contributed by atoms with Gasteiger partial charge in [0.25, 0.3) is 0 Å². The van der Waals surface area contributed by atoms with E-state index < -0.39 is 0 Å². The summed E-state index contributed by atoms with van der Waals surface area (Å²) < 4.78 is 5.77. The summed E-state index contributed by atoms with van der Waals surface area (Å²) in [7, 11) is 0. The second kappa shape index (κ2) is 7.54. The number of fused-ring (bicyclic) bond motifs is 5. The van der Waals surface area contributed by atoms with Gasteiger partial charge in [-0.15, -0.1) is 0 Å². The lowest BCUT2D eigenvalue weighted by Crippen LogP contribution is -2.53. The van der Waals surface area contributed by atoms with Crippen molar-refractivity contribution >= 4 is 17.5 Å². The Kier molecular flexibility index (Phi) is 5.03. The Balaban J connectivity index is 1.39. The second-order valence-electron chi connectivity index (χ2n) is 10.7. The number of carbonyl (C=O) groups is 3. The van der Waals surface area contributed by atoms with Crippen LogP contribution in [0.3, 0.4) is 0 Å². The van der Waals surface area contributed by atoms with Gasteiger partial charge in [-0.2, -0.15) is 0 Å². The van der Waals surface area contributed by atoms with Crippen molar-refractivity contribution in [1.29, 1.82) is 0 Å². The standard InChI is InChI=1S/C28H32O4/c1-17(29)21-9-10-22-20-16-25(30)24-15-19(32-26(31)18-7-5-4-6-8-18)11-13-28(24,3)23(20)12-14-27(21,22)2/h4-9,15,19-20,22-23H,10-14,16H2,1-3H3/t19?,20-,22-,23-,27+,28+/m0/s1. The van der Waals surface area contributed by atoms with Crippen molar-refractivity contribution in [2.45, 2.75) is 65.4 Å². The fourth-order valence-corrected chi connectivity index (χ4v) is 7.51. The number of ketones is 2. The number of Topliss-reactive ketones (excluding diaryl/α,β-unsaturated/α-hetero) is 2. The van der Waals surface area contributed by atoms with E-state index in [1.807, 2.05) is 24.3 Å². The Morgan fingerprint density at radius 3 is 2.44 bits per heavy atom. The third kappa shape index (κ3) is 3.14. The molecule has 4 aliphatic carbocycles. The summed E-state index contributed by atoms with van der Waals surface area (Å²) >= 11 is 0. The van der Waals surface area contributed by atoms with Crippen molar-refractivity contribution in [1.82, 2.24) is 0 Å². The van der Waals surface area contributed by atoms with Crippen LogP contribution in [-0.2, 0) is 14.3 Å². The maximum Gasteiger partial charge on any atom is 0.338 e. The highest BCUT2D eigenvalue weighted by molar-refractivity contribution is 5.99. The molecule has 2 fully saturated rings. The minimum absolute atomic E-state index is 0.0900. The summed E-state index contributed by atoms with van der Waals surface area (Å²) in [6, 6.07) is 9.02. The quantitative estimate of drug-likeness (QED) is 0.594. The minimum atomic E-state index is -0.349. The molecule has 2 saturated carbocycles. The molecule has 4 nitrogen and oxygen atoms in total. The van der Waals surface area contributed by atoms with Crippen molar-refractivity contribution in [3.8, 4) is 0 Å². The normalized spacial score (nSPS) is 38.0. The van der Waals surface area contributed by atoms with Crippen LogP contribution in [0.1, 0.15) is 69.7 Å². The number of allylic oxidation sites excluding steroid dienone is 3. The highest BCUT2D eigenvalue weighted by Crippen LogP contribution is 2.64. The van der Waals surface area contributed by atoms with Crippen LogP contribution in [0.5, 0.6) is 0 Å². The van der Waals surface area contributed by atoms with Gasteiger partial charge in [-0.1, -0.05) is 38.1 Å². The molecule has 0 bridgehead atoms. The fraction of sp³-hybridized carbons (Fsp3) is 0.536. The molecule has 0 spiro atoms. The number of esters is 1. The van der Waals surface area contributed by atoms with Gasteiger partial charge in [-0.25, -0.2) is 4.79 Å². The van der Waals surface area contributed by atoms with Gasteiger partial charge < -0.3 is 4.74 Å². The van der Waals surface area contributed by atoms with Crippen LogP contribution in [0.4, 0.5) is 0 Å². The molecule has 4 aliphatic rings. The summed E-state index contributed by atoms with van der Waals surface area (Å²) in [5.74, 6) is 1.18. The Morgan fingerprint density at radius 1 is 1.00 bits per heavy atom. The van der Waals surface area contributed by atoms with Gasteiger partial charge in [0.15, 0.2) is 11.6 Å². The van der Waals surface area contributed by atoms with Gasteiger partial charge in [-0.05, 0) is 91.4 Å². The lowest BCUT2D eigenvalue weighted by molar-refractivity contribution is -0.128. The highest BCUT2D eigenvalue weighted by Gasteiger charge is 2.59. The third-order valence-corrected chi connectivity index (χ3v) is 9.12. The van der Waals surface area contributed by atoms with E-state index in [2.05, 4.69) is 19.9 Å². The average Bonchev–Trinajstić information content (AvgIpc) is 3.13. The Morgan fingerprint density at radius 2 is 1.72 bits per heavy atom. The zero-order valence-corrected chi connectivity index (χ0v) is 19.2. The molecular weight excluding hydrogens is 400 g/mol. The maximum absolute atomic E-state index is 13.4. The number of carbonyl (C=O) groups excluding carboxylic acids is 3. The van der Waals surface area contributed by atoms with Gasteiger partial charge in [0, 0.05) is 12.0 Å². The van der Waals surface area contributed by atoms with Crippen LogP contribution < -0.4 is 0 Å². The minimum Gasteiger partial charge on any atom is -0.455 e. The largest absolute Gasteiger partial charge is 0.455 e. The predicted molar refractivity (Wildman–Crippen MR) is 122 cm³/mol. The summed E-state index contributed by atoms with van der Waals surface area (Å²) in [6.07, 6.45) is 8.85.